The predicted molar refractivity (Wildman–Crippen MR) is 138 cm³/mol. The number of carbonyl (C=O) groups excluding carboxylic acids is 2. The molecular weight excluding hydrogens is 456 g/mol. The van der Waals surface area contributed by atoms with E-state index in [-0.39, 0.29) is 17.8 Å². The number of amides is 2. The van der Waals surface area contributed by atoms with Gasteiger partial charge in [0.05, 0.1) is 24.6 Å². The molecule has 0 saturated carbocycles. The highest BCUT2D eigenvalue weighted by Crippen LogP contribution is 2.34. The molecule has 1 heterocycles. The summed E-state index contributed by atoms with van der Waals surface area (Å²) in [5.41, 5.74) is 2.76. The van der Waals surface area contributed by atoms with Crippen LogP contribution < -0.4 is 10.6 Å². The van der Waals surface area contributed by atoms with Crippen molar-refractivity contribution in [3.05, 3.63) is 70.8 Å². The first kappa shape index (κ1) is 25.9. The fourth-order valence-corrected chi connectivity index (χ4v) is 5.40. The first-order valence-corrected chi connectivity index (χ1v) is 12.7. The van der Waals surface area contributed by atoms with Crippen LogP contribution in [0.15, 0.2) is 48.5 Å². The normalized spacial score (nSPS) is 21.6. The number of aliphatic hydroxyl groups is 1. The fraction of sp³-hybridized carbons (Fsp3) is 0.464. The average molecular weight is 493 g/mol. The Hall–Kier alpha value is -3.23. The number of nitrogens with one attached hydrogen (secondary N) is 3. The number of aliphatic hydroxyl groups excluding tert-OH is 1. The zero-order chi connectivity index (χ0) is 25.9. The van der Waals surface area contributed by atoms with Crippen LogP contribution in [0.25, 0.3) is 0 Å². The molecule has 2 aliphatic rings. The summed E-state index contributed by atoms with van der Waals surface area (Å²) in [5, 5.41) is 25.5. The molecule has 8 heteroatoms. The van der Waals surface area contributed by atoms with Crippen molar-refractivity contribution in [2.45, 2.75) is 69.7 Å². The van der Waals surface area contributed by atoms with E-state index in [4.69, 9.17) is 10.1 Å². The predicted octanol–water partition coefficient (Wildman–Crippen LogP) is 3.47. The molecule has 0 bridgehead atoms. The maximum atomic E-state index is 13.3. The summed E-state index contributed by atoms with van der Waals surface area (Å²) in [7, 11) is 1.60. The zero-order valence-corrected chi connectivity index (χ0v) is 21.2. The van der Waals surface area contributed by atoms with E-state index in [9.17, 15) is 14.7 Å². The van der Waals surface area contributed by atoms with Gasteiger partial charge in [-0.25, -0.2) is 0 Å². The minimum Gasteiger partial charge on any atom is -0.390 e. The van der Waals surface area contributed by atoms with Crippen molar-refractivity contribution < 1.29 is 19.4 Å². The second-order valence-corrected chi connectivity index (χ2v) is 9.75. The highest BCUT2D eigenvalue weighted by molar-refractivity contribution is 6.00. The Bertz CT molecular complexity index is 1110. The van der Waals surface area contributed by atoms with Crippen LogP contribution in [-0.2, 0) is 16.0 Å². The summed E-state index contributed by atoms with van der Waals surface area (Å²) in [6, 6.07) is 14.0. The minimum absolute atomic E-state index is 0.0802. The van der Waals surface area contributed by atoms with E-state index in [0.29, 0.717) is 31.4 Å². The smallest absolute Gasteiger partial charge is 0.251 e. The molecule has 4 rings (SSSR count). The fourth-order valence-electron chi connectivity index (χ4n) is 5.40. The summed E-state index contributed by atoms with van der Waals surface area (Å²) in [6.45, 7) is 4.45. The Morgan fingerprint density at radius 2 is 2.00 bits per heavy atom. The molecule has 1 aliphatic heterocycles. The quantitative estimate of drug-likeness (QED) is 0.428. The van der Waals surface area contributed by atoms with Gasteiger partial charge in [-0.1, -0.05) is 50.2 Å². The lowest BCUT2D eigenvalue weighted by atomic mass is 9.86. The second kappa shape index (κ2) is 10.8. The van der Waals surface area contributed by atoms with E-state index in [2.05, 4.69) is 10.6 Å². The molecule has 2 aromatic rings. The van der Waals surface area contributed by atoms with Crippen LogP contribution in [0.3, 0.4) is 0 Å². The molecule has 0 aromatic heterocycles. The van der Waals surface area contributed by atoms with Gasteiger partial charge in [-0.05, 0) is 48.1 Å². The summed E-state index contributed by atoms with van der Waals surface area (Å²) >= 11 is 0. The molecular formula is C28H36N4O4. The van der Waals surface area contributed by atoms with Crippen LogP contribution in [-0.4, -0.2) is 53.1 Å². The Kier molecular flexibility index (Phi) is 7.76. The average Bonchev–Trinajstić information content (AvgIpc) is 3.20. The van der Waals surface area contributed by atoms with Gasteiger partial charge in [-0.2, -0.15) is 0 Å². The van der Waals surface area contributed by atoms with Gasteiger partial charge in [0.25, 0.3) is 5.91 Å². The van der Waals surface area contributed by atoms with Gasteiger partial charge < -0.3 is 20.5 Å². The van der Waals surface area contributed by atoms with E-state index < -0.39 is 23.7 Å². The first-order chi connectivity index (χ1) is 17.3. The van der Waals surface area contributed by atoms with Crippen molar-refractivity contribution in [2.24, 2.45) is 0 Å². The number of guanidine groups is 1. The highest BCUT2D eigenvalue weighted by Gasteiger charge is 2.42. The Morgan fingerprint density at radius 1 is 1.25 bits per heavy atom. The van der Waals surface area contributed by atoms with E-state index in [1.54, 1.807) is 25.3 Å². The molecule has 8 nitrogen and oxygen atoms in total. The van der Waals surface area contributed by atoms with Gasteiger partial charge in [0.15, 0.2) is 5.96 Å². The number of hydrogen-bond acceptors (Lipinski definition) is 5. The molecule has 1 aliphatic carbocycles. The lowest BCUT2D eigenvalue weighted by Gasteiger charge is -2.45. The maximum Gasteiger partial charge on any atom is 0.251 e. The van der Waals surface area contributed by atoms with Gasteiger partial charge in [-0.15, -0.1) is 0 Å². The lowest BCUT2D eigenvalue weighted by Crippen LogP contribution is -2.62. The Morgan fingerprint density at radius 3 is 2.69 bits per heavy atom. The first-order valence-electron chi connectivity index (χ1n) is 12.7. The van der Waals surface area contributed by atoms with Gasteiger partial charge in [0.1, 0.15) is 0 Å². The van der Waals surface area contributed by atoms with Crippen molar-refractivity contribution >= 4 is 17.8 Å². The second-order valence-electron chi connectivity index (χ2n) is 9.75. The van der Waals surface area contributed by atoms with Gasteiger partial charge >= 0.3 is 0 Å². The zero-order valence-electron chi connectivity index (χ0n) is 21.2. The SMILES string of the molecule is CCC1(CC)CC(=O)N([C@H](CCOC)c2cccc(C(=O)N[C@@H]3c4ccccc4C[C@H]3O)c2)C(=N)N1. The number of rotatable bonds is 9. The molecule has 1 fully saturated rings. The number of carbonyl (C=O) groups is 2. The molecule has 192 valence electrons. The summed E-state index contributed by atoms with van der Waals surface area (Å²) in [4.78, 5) is 28.0. The van der Waals surface area contributed by atoms with E-state index in [1.165, 1.54) is 4.90 Å². The largest absolute Gasteiger partial charge is 0.390 e. The molecule has 3 atom stereocenters. The number of methoxy groups -OCH3 is 1. The summed E-state index contributed by atoms with van der Waals surface area (Å²) in [6.07, 6.45) is 2.12. The number of hydrogen-bond donors (Lipinski definition) is 4. The van der Waals surface area contributed by atoms with E-state index >= 15 is 0 Å². The molecule has 1 saturated heterocycles. The number of ether oxygens (including phenoxy) is 1. The maximum absolute atomic E-state index is 13.3. The molecule has 0 unspecified atom stereocenters. The molecule has 0 radical (unpaired) electrons. The molecule has 4 N–H and O–H groups in total. The van der Waals surface area contributed by atoms with Crippen LogP contribution in [0, 0.1) is 5.41 Å². The summed E-state index contributed by atoms with van der Waals surface area (Å²) in [5.74, 6) is -0.321. The van der Waals surface area contributed by atoms with Crippen LogP contribution in [0.2, 0.25) is 0 Å². The number of benzene rings is 2. The van der Waals surface area contributed by atoms with Crippen LogP contribution >= 0.6 is 0 Å². The van der Waals surface area contributed by atoms with Gasteiger partial charge in [0.2, 0.25) is 5.91 Å². The lowest BCUT2D eigenvalue weighted by molar-refractivity contribution is -0.133. The standard InChI is InChI=1S/C28H36N4O4/c1-4-28(5-2)17-24(34)32(27(29)31-28)22(13-14-36-3)19-10-8-11-20(15-19)26(35)30-25-21-12-7-6-9-18(21)16-23(25)33/h6-12,15,22-23,25,33H,4-5,13-14,16-17H2,1-3H3,(H2,29,31)(H,30,35)/t22-,23-,25-/m1/s1. The van der Waals surface area contributed by atoms with E-state index in [1.807, 2.05) is 44.2 Å². The topological polar surface area (TPSA) is 115 Å². The third kappa shape index (κ3) is 5.01. The van der Waals surface area contributed by atoms with Crippen molar-refractivity contribution in [3.63, 3.8) is 0 Å². The number of nitrogens with zero attached hydrogens (tertiary/aromatic N) is 1. The van der Waals surface area contributed by atoms with Crippen LogP contribution in [0.1, 0.15) is 78.7 Å². The van der Waals surface area contributed by atoms with Gasteiger partial charge in [0, 0.05) is 31.2 Å². The van der Waals surface area contributed by atoms with Crippen molar-refractivity contribution in [1.82, 2.24) is 15.5 Å². The van der Waals surface area contributed by atoms with E-state index in [0.717, 1.165) is 29.5 Å². The summed E-state index contributed by atoms with van der Waals surface area (Å²) < 4.78 is 5.31. The van der Waals surface area contributed by atoms with Crippen LogP contribution in [0.5, 0.6) is 0 Å². The van der Waals surface area contributed by atoms with Crippen molar-refractivity contribution in [1.29, 1.82) is 5.41 Å². The molecule has 0 spiro atoms. The van der Waals surface area contributed by atoms with Crippen LogP contribution in [0.4, 0.5) is 0 Å². The Labute approximate surface area is 212 Å². The third-order valence-electron chi connectivity index (χ3n) is 7.67. The van der Waals surface area contributed by atoms with Gasteiger partial charge in [-0.3, -0.25) is 19.9 Å². The Balaban J connectivity index is 1.58. The molecule has 2 aromatic carbocycles. The minimum atomic E-state index is -0.682. The number of fused-ring (bicyclic) bond motifs is 1. The monoisotopic (exact) mass is 492 g/mol. The highest BCUT2D eigenvalue weighted by atomic mass is 16.5. The van der Waals surface area contributed by atoms with Crippen molar-refractivity contribution in [2.75, 3.05) is 13.7 Å². The molecule has 36 heavy (non-hydrogen) atoms. The van der Waals surface area contributed by atoms with Crippen molar-refractivity contribution in [3.8, 4) is 0 Å². The molecule has 2 amide bonds. The third-order valence-corrected chi connectivity index (χ3v) is 7.67.